The van der Waals surface area contributed by atoms with Crippen molar-refractivity contribution in [2.24, 2.45) is 0 Å². The molecule has 2 rings (SSSR count). The Balaban J connectivity index is 1.72. The Morgan fingerprint density at radius 2 is 1.96 bits per heavy atom. The van der Waals surface area contributed by atoms with Crippen molar-refractivity contribution in [2.45, 2.75) is 17.7 Å². The predicted octanol–water partition coefficient (Wildman–Crippen LogP) is 5.36. The molecule has 2 aromatic carbocycles. The first-order valence-electron chi connectivity index (χ1n) is 7.12. The Bertz CT molecular complexity index is 745. The van der Waals surface area contributed by atoms with Crippen LogP contribution in [0.1, 0.15) is 12.8 Å². The van der Waals surface area contributed by atoms with E-state index in [-0.39, 0.29) is 5.91 Å². The predicted molar refractivity (Wildman–Crippen MR) is 97.7 cm³/mol. The van der Waals surface area contributed by atoms with Gasteiger partial charge in [-0.05, 0) is 60.6 Å². The van der Waals surface area contributed by atoms with Gasteiger partial charge in [0.15, 0.2) is 0 Å². The van der Waals surface area contributed by atoms with Crippen LogP contribution >= 0.6 is 35.0 Å². The van der Waals surface area contributed by atoms with Gasteiger partial charge < -0.3 is 10.1 Å². The van der Waals surface area contributed by atoms with Gasteiger partial charge in [-0.15, -0.1) is 0 Å². The maximum Gasteiger partial charge on any atom is 0.224 e. The number of carbonyl (C=O) groups is 1. The van der Waals surface area contributed by atoms with Crippen LogP contribution in [-0.2, 0) is 4.79 Å². The quantitative estimate of drug-likeness (QED) is 0.398. The summed E-state index contributed by atoms with van der Waals surface area (Å²) in [5.41, 5.74) is 0.698. The number of thioether (sulfide) groups is 1. The highest BCUT2D eigenvalue weighted by Gasteiger charge is 2.05. The molecule has 0 fully saturated rings. The van der Waals surface area contributed by atoms with Crippen molar-refractivity contribution in [3.63, 3.8) is 0 Å². The second kappa shape index (κ2) is 9.43. The molecule has 1 amide bonds. The third-order valence-electron chi connectivity index (χ3n) is 3.00. The lowest BCUT2D eigenvalue weighted by molar-refractivity contribution is -0.116. The lowest BCUT2D eigenvalue weighted by Crippen LogP contribution is -2.12. The van der Waals surface area contributed by atoms with Gasteiger partial charge >= 0.3 is 0 Å². The van der Waals surface area contributed by atoms with E-state index in [4.69, 9.17) is 33.2 Å². The number of nitrogens with zero attached hydrogens (tertiary/aromatic N) is 1. The lowest BCUT2D eigenvalue weighted by Gasteiger charge is -2.09. The van der Waals surface area contributed by atoms with Gasteiger partial charge in [0.1, 0.15) is 11.2 Å². The van der Waals surface area contributed by atoms with Gasteiger partial charge in [0.05, 0.1) is 11.6 Å². The van der Waals surface area contributed by atoms with Crippen molar-refractivity contribution >= 4 is 46.6 Å². The summed E-state index contributed by atoms with van der Waals surface area (Å²) in [6.07, 6.45) is 0.896. The van der Waals surface area contributed by atoms with Crippen molar-refractivity contribution < 1.29 is 9.53 Å². The van der Waals surface area contributed by atoms with Gasteiger partial charge in [0, 0.05) is 22.0 Å². The van der Waals surface area contributed by atoms with Crippen molar-refractivity contribution in [1.82, 2.24) is 0 Å². The number of nitrogens with one attached hydrogen (secondary N) is 1. The van der Waals surface area contributed by atoms with E-state index in [0.29, 0.717) is 40.9 Å². The second-order valence-electron chi connectivity index (χ2n) is 4.79. The van der Waals surface area contributed by atoms with Gasteiger partial charge in [-0.3, -0.25) is 4.79 Å². The van der Waals surface area contributed by atoms with Crippen molar-refractivity contribution in [3.05, 3.63) is 52.5 Å². The summed E-state index contributed by atoms with van der Waals surface area (Å²) in [5.74, 6) is 0.452. The maximum absolute atomic E-state index is 11.9. The highest BCUT2D eigenvalue weighted by Crippen LogP contribution is 2.27. The van der Waals surface area contributed by atoms with Gasteiger partial charge in [-0.1, -0.05) is 23.2 Å². The molecule has 0 saturated heterocycles. The van der Waals surface area contributed by atoms with E-state index in [1.54, 1.807) is 42.5 Å². The van der Waals surface area contributed by atoms with Gasteiger partial charge in [0.2, 0.25) is 5.91 Å². The van der Waals surface area contributed by atoms with Crippen molar-refractivity contribution in [1.29, 1.82) is 5.26 Å². The molecule has 0 heterocycles. The molecule has 0 aliphatic carbocycles. The summed E-state index contributed by atoms with van der Waals surface area (Å²) < 4.78 is 5.53. The van der Waals surface area contributed by atoms with E-state index >= 15 is 0 Å². The average molecular weight is 381 g/mol. The van der Waals surface area contributed by atoms with Crippen LogP contribution in [0.3, 0.4) is 0 Å². The number of rotatable bonds is 7. The summed E-state index contributed by atoms with van der Waals surface area (Å²) >= 11 is 12.9. The minimum absolute atomic E-state index is 0.0958. The van der Waals surface area contributed by atoms with Crippen LogP contribution < -0.4 is 10.1 Å². The van der Waals surface area contributed by atoms with Crippen LogP contribution in [-0.4, -0.2) is 12.5 Å². The van der Waals surface area contributed by atoms with E-state index in [1.165, 1.54) is 0 Å². The number of benzene rings is 2. The number of hydrogen-bond donors (Lipinski definition) is 1. The second-order valence-corrected chi connectivity index (χ2v) is 6.49. The Kier molecular flexibility index (Phi) is 7.26. The number of nitriles is 1. The number of halogens is 2. The van der Waals surface area contributed by atoms with Gasteiger partial charge in [0.25, 0.3) is 0 Å². The van der Waals surface area contributed by atoms with Gasteiger partial charge in [-0.2, -0.15) is 5.26 Å². The molecule has 0 radical (unpaired) electrons. The van der Waals surface area contributed by atoms with E-state index in [0.717, 1.165) is 16.7 Å². The number of anilines is 1. The Labute approximate surface area is 154 Å². The van der Waals surface area contributed by atoms with Gasteiger partial charge in [-0.25, -0.2) is 0 Å². The minimum atomic E-state index is -0.0958. The highest BCUT2D eigenvalue weighted by atomic mass is 35.5. The Morgan fingerprint density at radius 3 is 2.62 bits per heavy atom. The first-order valence-corrected chi connectivity index (χ1v) is 8.69. The fourth-order valence-corrected chi connectivity index (χ4v) is 2.73. The normalized spacial score (nSPS) is 10.0. The minimum Gasteiger partial charge on any atom is -0.492 e. The zero-order chi connectivity index (χ0) is 17.4. The molecule has 1 N–H and O–H groups in total. The molecule has 0 bridgehead atoms. The summed E-state index contributed by atoms with van der Waals surface area (Å²) in [5, 5.41) is 14.4. The van der Waals surface area contributed by atoms with E-state index in [2.05, 4.69) is 5.32 Å². The standard InChI is InChI=1S/C17H14Cl2N2O2S/c18-12-3-8-16(15(19)10-12)23-9-1-2-17(22)21-13-4-6-14(7-5-13)24-11-20/h3-8,10H,1-2,9H2,(H,21,22). The molecule has 0 spiro atoms. The molecule has 124 valence electrons. The maximum atomic E-state index is 11.9. The van der Waals surface area contributed by atoms with Crippen molar-refractivity contribution in [3.8, 4) is 11.2 Å². The molecular formula is C17H14Cl2N2O2S. The smallest absolute Gasteiger partial charge is 0.224 e. The molecule has 2 aromatic rings. The first kappa shape index (κ1) is 18.5. The lowest BCUT2D eigenvalue weighted by atomic mass is 10.2. The molecule has 7 heteroatoms. The third-order valence-corrected chi connectivity index (χ3v) is 4.13. The molecular weight excluding hydrogens is 367 g/mol. The molecule has 24 heavy (non-hydrogen) atoms. The highest BCUT2D eigenvalue weighted by molar-refractivity contribution is 8.03. The monoisotopic (exact) mass is 380 g/mol. The molecule has 0 unspecified atom stereocenters. The fourth-order valence-electron chi connectivity index (χ4n) is 1.89. The van der Waals surface area contributed by atoms with Crippen LogP contribution in [0.4, 0.5) is 5.69 Å². The zero-order valence-electron chi connectivity index (χ0n) is 12.6. The van der Waals surface area contributed by atoms with Crippen molar-refractivity contribution in [2.75, 3.05) is 11.9 Å². The zero-order valence-corrected chi connectivity index (χ0v) is 14.9. The SMILES string of the molecule is N#CSc1ccc(NC(=O)CCCOc2ccc(Cl)cc2Cl)cc1. The molecule has 0 atom stereocenters. The van der Waals surface area contributed by atoms with E-state index < -0.39 is 0 Å². The Morgan fingerprint density at radius 1 is 1.21 bits per heavy atom. The molecule has 0 saturated carbocycles. The summed E-state index contributed by atoms with van der Waals surface area (Å²) in [7, 11) is 0. The molecule has 0 aliphatic heterocycles. The summed E-state index contributed by atoms with van der Waals surface area (Å²) in [6, 6.07) is 12.1. The average Bonchev–Trinajstić information content (AvgIpc) is 2.55. The Hall–Kier alpha value is -1.87. The van der Waals surface area contributed by atoms with E-state index in [1.807, 2.05) is 5.40 Å². The number of amides is 1. The molecule has 0 aliphatic rings. The number of thiocyanates is 1. The largest absolute Gasteiger partial charge is 0.492 e. The van der Waals surface area contributed by atoms with Crippen LogP contribution in [0.25, 0.3) is 0 Å². The third kappa shape index (κ3) is 5.97. The number of carbonyl (C=O) groups excluding carboxylic acids is 1. The molecule has 4 nitrogen and oxygen atoms in total. The van der Waals surface area contributed by atoms with Crippen LogP contribution in [0, 0.1) is 10.7 Å². The number of hydrogen-bond acceptors (Lipinski definition) is 4. The van der Waals surface area contributed by atoms with Crippen LogP contribution in [0.15, 0.2) is 47.4 Å². The van der Waals surface area contributed by atoms with Crippen LogP contribution in [0.5, 0.6) is 5.75 Å². The van der Waals surface area contributed by atoms with Crippen LogP contribution in [0.2, 0.25) is 10.0 Å². The topological polar surface area (TPSA) is 62.1 Å². The summed E-state index contributed by atoms with van der Waals surface area (Å²) in [4.78, 5) is 12.7. The summed E-state index contributed by atoms with van der Waals surface area (Å²) in [6.45, 7) is 0.381. The molecule has 0 aromatic heterocycles. The fraction of sp³-hybridized carbons (Fsp3) is 0.176. The first-order chi connectivity index (χ1) is 11.6. The number of ether oxygens (including phenoxy) is 1. The van der Waals surface area contributed by atoms with E-state index in [9.17, 15) is 4.79 Å².